The number of carbonyl (C=O) groups is 1. The van der Waals surface area contributed by atoms with E-state index in [1.165, 1.54) is 10.9 Å². The maximum Gasteiger partial charge on any atom is 0.220 e. The van der Waals surface area contributed by atoms with Crippen LogP contribution in [0.5, 0.6) is 0 Å². The van der Waals surface area contributed by atoms with Gasteiger partial charge in [0.2, 0.25) is 5.91 Å². The molecular weight excluding hydrogens is 350 g/mol. The first kappa shape index (κ1) is 17.2. The molecule has 4 rings (SSSR count). The van der Waals surface area contributed by atoms with Crippen LogP contribution in [-0.4, -0.2) is 16.0 Å². The molecule has 0 aliphatic heterocycles. The number of nitrogens with zero attached hydrogens (tertiary/aromatic N) is 1. The van der Waals surface area contributed by atoms with Crippen LogP contribution in [0.15, 0.2) is 22.7 Å². The van der Waals surface area contributed by atoms with Gasteiger partial charge in [0.1, 0.15) is 5.76 Å². The van der Waals surface area contributed by atoms with E-state index in [1.54, 1.807) is 0 Å². The Bertz CT molecular complexity index is 954. The zero-order chi connectivity index (χ0) is 18.3. The number of hydrogen-bond donors (Lipinski definition) is 2. The lowest BCUT2D eigenvalue weighted by molar-refractivity contribution is -0.121. The Hall–Kier alpha value is -2.27. The van der Waals surface area contributed by atoms with E-state index < -0.39 is 0 Å². The van der Waals surface area contributed by atoms with Gasteiger partial charge in [-0.25, -0.2) is 0 Å². The minimum absolute atomic E-state index is 0.0133. The molecule has 2 aromatic heterocycles. The molecule has 0 saturated heterocycles. The topological polar surface area (TPSA) is 70.9 Å². The second-order valence-corrected chi connectivity index (χ2v) is 7.40. The van der Waals surface area contributed by atoms with E-state index in [4.69, 9.17) is 16.1 Å². The lowest BCUT2D eigenvalue weighted by Gasteiger charge is -2.24. The maximum atomic E-state index is 12.5. The fourth-order valence-corrected chi connectivity index (χ4v) is 4.18. The van der Waals surface area contributed by atoms with E-state index in [1.807, 2.05) is 26.0 Å². The van der Waals surface area contributed by atoms with Crippen molar-refractivity contribution in [2.75, 3.05) is 0 Å². The minimum atomic E-state index is 0.0133. The van der Waals surface area contributed by atoms with Gasteiger partial charge in [0, 0.05) is 23.1 Å². The van der Waals surface area contributed by atoms with Crippen molar-refractivity contribution in [1.82, 2.24) is 15.5 Å². The van der Waals surface area contributed by atoms with Crippen molar-refractivity contribution in [3.05, 3.63) is 51.5 Å². The van der Waals surface area contributed by atoms with Crippen LogP contribution in [0.3, 0.4) is 0 Å². The summed E-state index contributed by atoms with van der Waals surface area (Å²) in [6.07, 6.45) is 4.08. The molecule has 0 radical (unpaired) electrons. The first-order valence-corrected chi connectivity index (χ1v) is 9.42. The molecular formula is C20H22ClN3O2. The summed E-state index contributed by atoms with van der Waals surface area (Å²) in [6.45, 7) is 3.79. The van der Waals surface area contributed by atoms with Gasteiger partial charge in [0.25, 0.3) is 0 Å². The summed E-state index contributed by atoms with van der Waals surface area (Å²) in [5, 5.41) is 9.03. The number of nitrogens with one attached hydrogen (secondary N) is 2. The molecule has 0 saturated carbocycles. The number of aromatic amines is 1. The lowest BCUT2D eigenvalue weighted by Crippen LogP contribution is -2.31. The minimum Gasteiger partial charge on any atom is -0.361 e. The van der Waals surface area contributed by atoms with Crippen LogP contribution in [0.4, 0.5) is 0 Å². The molecule has 3 aromatic rings. The number of carbonyl (C=O) groups excluding carboxylic acids is 1. The van der Waals surface area contributed by atoms with Crippen LogP contribution in [0.25, 0.3) is 10.9 Å². The third-order valence-electron chi connectivity index (χ3n) is 5.31. The Morgan fingerprint density at radius 3 is 3.04 bits per heavy atom. The third-order valence-corrected chi connectivity index (χ3v) is 5.63. The predicted octanol–water partition coefficient (Wildman–Crippen LogP) is 4.55. The summed E-state index contributed by atoms with van der Waals surface area (Å²) >= 11 is 6.33. The van der Waals surface area contributed by atoms with Crippen LogP contribution in [-0.2, 0) is 17.6 Å². The number of amides is 1. The molecule has 1 unspecified atom stereocenters. The second-order valence-electron chi connectivity index (χ2n) is 6.99. The molecule has 6 heteroatoms. The molecule has 136 valence electrons. The number of H-pyrrole nitrogens is 1. The SMILES string of the molecule is Cc1noc(C)c1CCC(=O)NC1CCCc2c1[nH]c1c(Cl)cccc21. The number of fused-ring (bicyclic) bond motifs is 3. The molecule has 0 fully saturated rings. The van der Waals surface area contributed by atoms with Crippen molar-refractivity contribution in [3.8, 4) is 0 Å². The quantitative estimate of drug-likeness (QED) is 0.706. The summed E-state index contributed by atoms with van der Waals surface area (Å²) in [6, 6.07) is 5.98. The number of para-hydroxylation sites is 1. The Kier molecular flexibility index (Phi) is 4.49. The van der Waals surface area contributed by atoms with E-state index in [-0.39, 0.29) is 11.9 Å². The average molecular weight is 372 g/mol. The number of hydrogen-bond acceptors (Lipinski definition) is 3. The van der Waals surface area contributed by atoms with Gasteiger partial charge in [-0.1, -0.05) is 28.9 Å². The summed E-state index contributed by atoms with van der Waals surface area (Å²) in [5.74, 6) is 0.841. The van der Waals surface area contributed by atoms with Gasteiger partial charge in [-0.3, -0.25) is 4.79 Å². The van der Waals surface area contributed by atoms with Crippen molar-refractivity contribution in [2.24, 2.45) is 0 Å². The molecule has 1 aromatic carbocycles. The van der Waals surface area contributed by atoms with Crippen LogP contribution >= 0.6 is 11.6 Å². The summed E-state index contributed by atoms with van der Waals surface area (Å²) in [4.78, 5) is 16.0. The zero-order valence-corrected chi connectivity index (χ0v) is 15.7. The predicted molar refractivity (Wildman–Crippen MR) is 101 cm³/mol. The van der Waals surface area contributed by atoms with Gasteiger partial charge in [0.15, 0.2) is 0 Å². The van der Waals surface area contributed by atoms with Crippen molar-refractivity contribution >= 4 is 28.4 Å². The number of rotatable bonds is 4. The number of halogens is 1. The Morgan fingerprint density at radius 1 is 1.42 bits per heavy atom. The largest absolute Gasteiger partial charge is 0.361 e. The molecule has 1 aliphatic carbocycles. The van der Waals surface area contributed by atoms with Gasteiger partial charge in [0.05, 0.1) is 22.3 Å². The Labute approximate surface area is 157 Å². The molecule has 2 heterocycles. The van der Waals surface area contributed by atoms with Crippen molar-refractivity contribution in [3.63, 3.8) is 0 Å². The van der Waals surface area contributed by atoms with E-state index in [0.29, 0.717) is 12.8 Å². The third kappa shape index (κ3) is 3.01. The van der Waals surface area contributed by atoms with Gasteiger partial charge in [-0.15, -0.1) is 0 Å². The fourth-order valence-electron chi connectivity index (χ4n) is 3.96. The molecule has 0 spiro atoms. The average Bonchev–Trinajstić information content (AvgIpc) is 3.16. The van der Waals surface area contributed by atoms with Crippen LogP contribution in [0, 0.1) is 13.8 Å². The summed E-state index contributed by atoms with van der Waals surface area (Å²) in [7, 11) is 0. The van der Waals surface area contributed by atoms with Gasteiger partial charge < -0.3 is 14.8 Å². The highest BCUT2D eigenvalue weighted by atomic mass is 35.5. The standard InChI is InChI=1S/C20H22ClN3O2/c1-11-13(12(2)26-24-11)9-10-18(25)22-17-8-4-6-15-14-5-3-7-16(21)19(14)23-20(15)17/h3,5,7,17,23H,4,6,8-10H2,1-2H3,(H,22,25). The second kappa shape index (κ2) is 6.80. The van der Waals surface area contributed by atoms with Crippen molar-refractivity contribution in [2.45, 2.75) is 52.0 Å². The highest BCUT2D eigenvalue weighted by molar-refractivity contribution is 6.35. The monoisotopic (exact) mass is 371 g/mol. The molecule has 1 aliphatic rings. The first-order chi connectivity index (χ1) is 12.5. The van der Waals surface area contributed by atoms with Crippen LogP contribution in [0.2, 0.25) is 5.02 Å². The molecule has 5 nitrogen and oxygen atoms in total. The lowest BCUT2D eigenvalue weighted by atomic mass is 9.91. The van der Waals surface area contributed by atoms with Crippen molar-refractivity contribution < 1.29 is 9.32 Å². The van der Waals surface area contributed by atoms with E-state index in [2.05, 4.69) is 21.5 Å². The normalized spacial score (nSPS) is 16.7. The van der Waals surface area contributed by atoms with E-state index in [9.17, 15) is 4.79 Å². The maximum absolute atomic E-state index is 12.5. The van der Waals surface area contributed by atoms with Gasteiger partial charge in [-0.2, -0.15) is 0 Å². The highest BCUT2D eigenvalue weighted by Crippen LogP contribution is 2.37. The number of benzene rings is 1. The van der Waals surface area contributed by atoms with Gasteiger partial charge in [-0.05, 0) is 51.2 Å². The molecule has 1 amide bonds. The molecule has 1 atom stereocenters. The van der Waals surface area contributed by atoms with E-state index in [0.717, 1.165) is 52.5 Å². The van der Waals surface area contributed by atoms with Crippen molar-refractivity contribution in [1.29, 1.82) is 0 Å². The van der Waals surface area contributed by atoms with E-state index >= 15 is 0 Å². The summed E-state index contributed by atoms with van der Waals surface area (Å²) < 4.78 is 5.17. The zero-order valence-electron chi connectivity index (χ0n) is 15.0. The molecule has 0 bridgehead atoms. The first-order valence-electron chi connectivity index (χ1n) is 9.04. The highest BCUT2D eigenvalue weighted by Gasteiger charge is 2.26. The van der Waals surface area contributed by atoms with Crippen LogP contribution < -0.4 is 5.32 Å². The Morgan fingerprint density at radius 2 is 2.27 bits per heavy atom. The smallest absolute Gasteiger partial charge is 0.220 e. The Balaban J connectivity index is 1.50. The fraction of sp³-hybridized carbons (Fsp3) is 0.400. The molecule has 2 N–H and O–H groups in total. The summed E-state index contributed by atoms with van der Waals surface area (Å²) in [5.41, 5.74) is 5.24. The number of aromatic nitrogens is 2. The molecule has 26 heavy (non-hydrogen) atoms. The van der Waals surface area contributed by atoms with Crippen LogP contribution in [0.1, 0.15) is 53.6 Å². The van der Waals surface area contributed by atoms with Gasteiger partial charge >= 0.3 is 0 Å². The number of aryl methyl sites for hydroxylation is 3.